The third kappa shape index (κ3) is 4.63. The molecule has 0 aliphatic carbocycles. The van der Waals surface area contributed by atoms with Crippen LogP contribution >= 0.6 is 11.3 Å². The van der Waals surface area contributed by atoms with E-state index in [9.17, 15) is 19.5 Å². The first kappa shape index (κ1) is 25.8. The van der Waals surface area contributed by atoms with Gasteiger partial charge in [-0.1, -0.05) is 42.2 Å². The highest BCUT2D eigenvalue weighted by molar-refractivity contribution is 7.17. The summed E-state index contributed by atoms with van der Waals surface area (Å²) >= 11 is 0.838. The predicted molar refractivity (Wildman–Crippen MR) is 136 cm³/mol. The number of methoxy groups -OCH3 is 1. The Labute approximate surface area is 216 Å². The van der Waals surface area contributed by atoms with Gasteiger partial charge in [0.25, 0.3) is 5.78 Å². The smallest absolute Gasteiger partial charge is 0.350 e. The average molecular weight is 523 g/mol. The molecular weight excluding hydrogens is 499 g/mol. The number of thiazole rings is 1. The maximum Gasteiger partial charge on any atom is 0.350 e. The van der Waals surface area contributed by atoms with Crippen molar-refractivity contribution in [1.82, 2.24) is 4.98 Å². The molecule has 1 saturated heterocycles. The van der Waals surface area contributed by atoms with E-state index in [0.29, 0.717) is 11.3 Å². The van der Waals surface area contributed by atoms with Gasteiger partial charge in [0, 0.05) is 11.1 Å². The Morgan fingerprint density at radius 3 is 2.62 bits per heavy atom. The number of rotatable bonds is 7. The maximum atomic E-state index is 15.1. The third-order valence-corrected chi connectivity index (χ3v) is 6.96. The van der Waals surface area contributed by atoms with Crippen molar-refractivity contribution in [3.05, 3.63) is 93.8 Å². The molecule has 0 spiro atoms. The largest absolute Gasteiger partial charge is 0.507 e. The number of Topliss-reactive ketones (excluding diaryl/α,β-unsaturated/α-hetero) is 1. The number of nitrogens with zero attached hydrogens (tertiary/aromatic N) is 2. The number of aromatic nitrogens is 1. The van der Waals surface area contributed by atoms with Crippen LogP contribution in [0.25, 0.3) is 5.76 Å². The third-order valence-electron chi connectivity index (χ3n) is 5.83. The number of hydrogen-bond acceptors (Lipinski definition) is 8. The van der Waals surface area contributed by atoms with Crippen LogP contribution < -0.4 is 9.64 Å². The number of halogens is 1. The van der Waals surface area contributed by atoms with Gasteiger partial charge in [0.1, 0.15) is 34.9 Å². The second kappa shape index (κ2) is 10.4. The highest BCUT2D eigenvalue weighted by Gasteiger charge is 2.49. The summed E-state index contributed by atoms with van der Waals surface area (Å²) in [5.41, 5.74) is 0.809. The second-order valence-electron chi connectivity index (χ2n) is 8.17. The van der Waals surface area contributed by atoms with E-state index in [0.717, 1.165) is 16.2 Å². The number of hydrogen-bond donors (Lipinski definition) is 1. The minimum Gasteiger partial charge on any atom is -0.507 e. The molecule has 10 heteroatoms. The minimum absolute atomic E-state index is 0.00259. The van der Waals surface area contributed by atoms with Crippen LogP contribution in [0, 0.1) is 19.7 Å². The van der Waals surface area contributed by atoms with Gasteiger partial charge < -0.3 is 14.6 Å². The molecule has 1 amide bonds. The molecule has 1 atom stereocenters. The van der Waals surface area contributed by atoms with Gasteiger partial charge >= 0.3 is 11.9 Å². The van der Waals surface area contributed by atoms with Crippen molar-refractivity contribution in [2.75, 3.05) is 18.6 Å². The molecule has 8 nitrogen and oxygen atoms in total. The van der Waals surface area contributed by atoms with Crippen LogP contribution in [0.5, 0.6) is 5.75 Å². The number of amides is 1. The number of anilines is 1. The number of ketones is 1. The fourth-order valence-corrected chi connectivity index (χ4v) is 5.09. The molecule has 0 bridgehead atoms. The molecule has 1 N–H and O–H groups in total. The van der Waals surface area contributed by atoms with E-state index >= 15 is 4.39 Å². The highest BCUT2D eigenvalue weighted by Crippen LogP contribution is 2.45. The lowest BCUT2D eigenvalue weighted by atomic mass is 9.93. The lowest BCUT2D eigenvalue weighted by molar-refractivity contribution is -0.132. The number of esters is 1. The molecule has 1 fully saturated rings. The molecule has 2 heterocycles. The van der Waals surface area contributed by atoms with Crippen molar-refractivity contribution in [3.63, 3.8) is 0 Å². The quantitative estimate of drug-likeness (QED) is 0.155. The Bertz CT molecular complexity index is 1460. The zero-order chi connectivity index (χ0) is 26.9. The summed E-state index contributed by atoms with van der Waals surface area (Å²) in [7, 11) is 1.21. The van der Waals surface area contributed by atoms with Crippen molar-refractivity contribution < 1.29 is 33.4 Å². The summed E-state index contributed by atoms with van der Waals surface area (Å²) in [5, 5.41) is 11.3. The van der Waals surface area contributed by atoms with Crippen molar-refractivity contribution >= 4 is 39.9 Å². The van der Waals surface area contributed by atoms with Gasteiger partial charge in [-0.15, -0.1) is 0 Å². The molecule has 0 radical (unpaired) electrons. The molecule has 1 aliphatic heterocycles. The molecule has 3 aromatic rings. The molecule has 190 valence electrons. The first-order valence-electron chi connectivity index (χ1n) is 11.2. The molecule has 1 aromatic heterocycles. The van der Waals surface area contributed by atoms with Gasteiger partial charge in [-0.25, -0.2) is 14.2 Å². The fraction of sp³-hybridized carbons (Fsp3) is 0.185. The topological polar surface area (TPSA) is 106 Å². The van der Waals surface area contributed by atoms with Crippen LogP contribution in [-0.2, 0) is 14.3 Å². The minimum atomic E-state index is -1.33. The Morgan fingerprint density at radius 1 is 1.24 bits per heavy atom. The van der Waals surface area contributed by atoms with Crippen molar-refractivity contribution in [2.45, 2.75) is 19.9 Å². The van der Waals surface area contributed by atoms with Crippen LogP contribution in [0.4, 0.5) is 9.52 Å². The summed E-state index contributed by atoms with van der Waals surface area (Å²) in [5.74, 6) is -3.31. The molecule has 4 rings (SSSR count). The number of ether oxygens (including phenoxy) is 2. The van der Waals surface area contributed by atoms with Gasteiger partial charge in [-0.2, -0.15) is 0 Å². The molecular formula is C27H23FN2O6S. The van der Waals surface area contributed by atoms with Crippen molar-refractivity contribution in [1.29, 1.82) is 0 Å². The van der Waals surface area contributed by atoms with Gasteiger partial charge in [-0.05, 0) is 43.7 Å². The Morgan fingerprint density at radius 2 is 1.97 bits per heavy atom. The van der Waals surface area contributed by atoms with E-state index in [-0.39, 0.29) is 39.0 Å². The average Bonchev–Trinajstić information content (AvgIpc) is 3.38. The molecule has 37 heavy (non-hydrogen) atoms. The first-order chi connectivity index (χ1) is 17.7. The predicted octanol–water partition coefficient (Wildman–Crippen LogP) is 4.88. The summed E-state index contributed by atoms with van der Waals surface area (Å²) in [6.07, 6.45) is 1.59. The van der Waals surface area contributed by atoms with Crippen LogP contribution in [-0.4, -0.2) is 41.5 Å². The Kier molecular flexibility index (Phi) is 7.21. The van der Waals surface area contributed by atoms with Crippen molar-refractivity contribution in [3.8, 4) is 5.75 Å². The zero-order valence-electron chi connectivity index (χ0n) is 20.3. The van der Waals surface area contributed by atoms with Crippen LogP contribution in [0.2, 0.25) is 0 Å². The fourth-order valence-electron chi connectivity index (χ4n) is 4.08. The van der Waals surface area contributed by atoms with Gasteiger partial charge in [0.2, 0.25) is 0 Å². The molecule has 1 unspecified atom stereocenters. The second-order valence-corrected chi connectivity index (χ2v) is 9.15. The van der Waals surface area contributed by atoms with Crippen LogP contribution in [0.3, 0.4) is 0 Å². The van der Waals surface area contributed by atoms with E-state index < -0.39 is 35.3 Å². The maximum absolute atomic E-state index is 15.1. The van der Waals surface area contributed by atoms with E-state index in [4.69, 9.17) is 9.47 Å². The van der Waals surface area contributed by atoms with E-state index in [1.165, 1.54) is 25.3 Å². The Hall–Kier alpha value is -4.31. The first-order valence-corrected chi connectivity index (χ1v) is 12.0. The number of aliphatic hydroxyl groups is 1. The number of aryl methyl sites for hydroxylation is 2. The van der Waals surface area contributed by atoms with Crippen LogP contribution in [0.1, 0.15) is 38.1 Å². The SMILES string of the molecule is C=CCOc1ccc(C(O)=C2C(=O)C(=O)N(c3nc(C)c(C(=O)OC)s3)C2c2ccccc2F)c(C)c1. The standard InChI is InChI=1S/C27H23FN2O6S/c1-5-12-36-16-10-11-17(14(2)13-16)22(31)20-21(18-8-6-7-9-19(18)28)30(25(33)23(20)32)27-29-15(3)24(37-27)26(34)35-4/h5-11,13,21,31H,1,12H2,2-4H3. The monoisotopic (exact) mass is 522 g/mol. The molecule has 2 aromatic carbocycles. The summed E-state index contributed by atoms with van der Waals surface area (Å²) < 4.78 is 25.4. The molecule has 1 aliphatic rings. The normalized spacial score (nSPS) is 16.6. The zero-order valence-corrected chi connectivity index (χ0v) is 21.1. The van der Waals surface area contributed by atoms with Gasteiger partial charge in [-0.3, -0.25) is 14.5 Å². The lowest BCUT2D eigenvalue weighted by Gasteiger charge is -2.23. The van der Waals surface area contributed by atoms with E-state index in [1.54, 1.807) is 44.2 Å². The summed E-state index contributed by atoms with van der Waals surface area (Å²) in [6.45, 7) is 7.15. The van der Waals surface area contributed by atoms with Crippen molar-refractivity contribution in [2.24, 2.45) is 0 Å². The van der Waals surface area contributed by atoms with Crippen LogP contribution in [0.15, 0.2) is 60.7 Å². The number of benzene rings is 2. The number of carbonyl (C=O) groups is 3. The summed E-state index contributed by atoms with van der Waals surface area (Å²) in [4.78, 5) is 44.2. The van der Waals surface area contributed by atoms with E-state index in [1.807, 2.05) is 0 Å². The number of aliphatic hydroxyl groups excluding tert-OH is 1. The van der Waals surface area contributed by atoms with Gasteiger partial charge in [0.05, 0.1) is 18.4 Å². The Balaban J connectivity index is 1.92. The van der Waals surface area contributed by atoms with Gasteiger partial charge in [0.15, 0.2) is 5.13 Å². The summed E-state index contributed by atoms with van der Waals surface area (Å²) in [6, 6.07) is 9.15. The highest BCUT2D eigenvalue weighted by atomic mass is 32.1. The lowest BCUT2D eigenvalue weighted by Crippen LogP contribution is -2.29. The molecule has 0 saturated carbocycles. The van der Waals surface area contributed by atoms with E-state index in [2.05, 4.69) is 11.6 Å². The number of carbonyl (C=O) groups excluding carboxylic acids is 3.